The van der Waals surface area contributed by atoms with Crippen LogP contribution in [0.25, 0.3) is 10.9 Å². The quantitative estimate of drug-likeness (QED) is 0.288. The lowest BCUT2D eigenvalue weighted by Gasteiger charge is -2.35. The Hall–Kier alpha value is -3.68. The number of aromatic nitrogens is 1. The first-order valence-electron chi connectivity index (χ1n) is 13.5. The SMILES string of the molecule is CN1CCCC1CCOc1ccc(C2c3[nH]c4ccc(Cl)cc4c3CCN2C(=O)Oc2ccc(O)cc2)cc1. The maximum atomic E-state index is 13.5. The van der Waals surface area contributed by atoms with Crippen molar-refractivity contribution in [2.24, 2.45) is 0 Å². The van der Waals surface area contributed by atoms with Crippen LogP contribution in [0, 0.1) is 0 Å². The van der Waals surface area contributed by atoms with Gasteiger partial charge in [-0.05, 0) is 105 Å². The van der Waals surface area contributed by atoms with Crippen LogP contribution in [0.3, 0.4) is 0 Å². The number of rotatable bonds is 6. The zero-order valence-corrected chi connectivity index (χ0v) is 22.7. The van der Waals surface area contributed by atoms with Gasteiger partial charge in [-0.2, -0.15) is 0 Å². The third-order valence-electron chi connectivity index (χ3n) is 7.95. The molecule has 3 aromatic carbocycles. The molecule has 2 N–H and O–H groups in total. The lowest BCUT2D eigenvalue weighted by atomic mass is 9.92. The first-order chi connectivity index (χ1) is 19.0. The number of fused-ring (bicyclic) bond motifs is 3. The molecule has 8 heteroatoms. The van der Waals surface area contributed by atoms with Gasteiger partial charge in [-0.25, -0.2) is 4.79 Å². The Morgan fingerprint density at radius 2 is 1.82 bits per heavy atom. The van der Waals surface area contributed by atoms with E-state index in [-0.39, 0.29) is 11.8 Å². The minimum Gasteiger partial charge on any atom is -0.508 e. The van der Waals surface area contributed by atoms with Crippen LogP contribution in [-0.2, 0) is 6.42 Å². The molecule has 6 rings (SSSR count). The van der Waals surface area contributed by atoms with Gasteiger partial charge < -0.3 is 24.5 Å². The minimum absolute atomic E-state index is 0.115. The number of benzene rings is 3. The van der Waals surface area contributed by atoms with Gasteiger partial charge in [-0.15, -0.1) is 0 Å². The Kier molecular flexibility index (Phi) is 7.11. The fraction of sp³-hybridized carbons (Fsp3) is 0.323. The summed E-state index contributed by atoms with van der Waals surface area (Å²) in [6, 6.07) is 20.2. The number of aromatic hydroxyl groups is 1. The standard InChI is InChI=1S/C31H32ClN3O4/c1-34-16-2-3-22(34)15-18-38-24-9-4-20(5-10-24)30-29-26(27-19-21(32)6-13-28(27)33-29)14-17-35(30)31(37)39-25-11-7-23(36)8-12-25/h4-13,19,22,30,33,36H,2-3,14-18H2,1H3. The Morgan fingerprint density at radius 1 is 1.05 bits per heavy atom. The maximum absolute atomic E-state index is 13.5. The maximum Gasteiger partial charge on any atom is 0.416 e. The molecule has 0 bridgehead atoms. The van der Waals surface area contributed by atoms with Crippen LogP contribution in [0.15, 0.2) is 66.7 Å². The smallest absolute Gasteiger partial charge is 0.416 e. The fourth-order valence-electron chi connectivity index (χ4n) is 5.88. The fourth-order valence-corrected chi connectivity index (χ4v) is 6.05. The number of phenols is 1. The third-order valence-corrected chi connectivity index (χ3v) is 8.19. The largest absolute Gasteiger partial charge is 0.508 e. The molecule has 202 valence electrons. The van der Waals surface area contributed by atoms with E-state index >= 15 is 0 Å². The van der Waals surface area contributed by atoms with Crippen LogP contribution in [0.4, 0.5) is 4.79 Å². The Labute approximate surface area is 232 Å². The van der Waals surface area contributed by atoms with Crippen LogP contribution in [0.1, 0.15) is 42.1 Å². The van der Waals surface area contributed by atoms with E-state index in [1.165, 1.54) is 25.0 Å². The zero-order chi connectivity index (χ0) is 26.9. The number of nitrogens with one attached hydrogen (secondary N) is 1. The van der Waals surface area contributed by atoms with E-state index in [9.17, 15) is 9.90 Å². The Morgan fingerprint density at radius 3 is 2.56 bits per heavy atom. The lowest BCUT2D eigenvalue weighted by Crippen LogP contribution is -2.42. The highest BCUT2D eigenvalue weighted by molar-refractivity contribution is 6.31. The van der Waals surface area contributed by atoms with Crippen LogP contribution in [0.2, 0.25) is 5.02 Å². The minimum atomic E-state index is -0.450. The second-order valence-corrected chi connectivity index (χ2v) is 10.8. The molecule has 1 fully saturated rings. The molecule has 2 aliphatic rings. The number of hydrogen-bond donors (Lipinski definition) is 2. The van der Waals surface area contributed by atoms with E-state index in [0.717, 1.165) is 46.4 Å². The van der Waals surface area contributed by atoms with E-state index in [2.05, 4.69) is 16.9 Å². The molecular weight excluding hydrogens is 514 g/mol. The molecule has 2 unspecified atom stereocenters. The predicted octanol–water partition coefficient (Wildman–Crippen LogP) is 6.54. The topological polar surface area (TPSA) is 78.0 Å². The Balaban J connectivity index is 1.27. The van der Waals surface area contributed by atoms with Crippen molar-refractivity contribution in [1.29, 1.82) is 0 Å². The molecule has 0 radical (unpaired) electrons. The van der Waals surface area contributed by atoms with Crippen LogP contribution in [0.5, 0.6) is 17.2 Å². The Bertz CT molecular complexity index is 1470. The van der Waals surface area contributed by atoms with E-state index < -0.39 is 6.09 Å². The van der Waals surface area contributed by atoms with Gasteiger partial charge in [-0.1, -0.05) is 23.7 Å². The number of aromatic amines is 1. The van der Waals surface area contributed by atoms with Crippen LogP contribution < -0.4 is 9.47 Å². The molecule has 39 heavy (non-hydrogen) atoms. The summed E-state index contributed by atoms with van der Waals surface area (Å²) in [5.41, 5.74) is 4.06. The summed E-state index contributed by atoms with van der Waals surface area (Å²) in [4.78, 5) is 21.2. The third kappa shape index (κ3) is 5.29. The van der Waals surface area contributed by atoms with E-state index in [0.29, 0.717) is 36.4 Å². The number of H-pyrrole nitrogens is 1. The normalized spacial score (nSPS) is 19.3. The van der Waals surface area contributed by atoms with E-state index in [1.54, 1.807) is 17.0 Å². The van der Waals surface area contributed by atoms with Crippen molar-refractivity contribution in [2.45, 2.75) is 37.8 Å². The number of ether oxygens (including phenoxy) is 2. The summed E-state index contributed by atoms with van der Waals surface area (Å²) in [7, 11) is 2.18. The average molecular weight is 546 g/mol. The number of carbonyl (C=O) groups excluding carboxylic acids is 1. The molecule has 1 amide bonds. The van der Waals surface area contributed by atoms with Crippen LogP contribution in [-0.4, -0.2) is 58.8 Å². The van der Waals surface area contributed by atoms with Gasteiger partial charge in [0, 0.05) is 34.2 Å². The molecule has 3 heterocycles. The first-order valence-corrected chi connectivity index (χ1v) is 13.8. The summed E-state index contributed by atoms with van der Waals surface area (Å²) in [5, 5.41) is 11.4. The highest BCUT2D eigenvalue weighted by atomic mass is 35.5. The lowest BCUT2D eigenvalue weighted by molar-refractivity contribution is 0.135. The van der Waals surface area contributed by atoms with Crippen molar-refractivity contribution in [3.8, 4) is 17.2 Å². The number of carbonyl (C=O) groups is 1. The van der Waals surface area contributed by atoms with Gasteiger partial charge in [0.2, 0.25) is 0 Å². The van der Waals surface area contributed by atoms with Crippen molar-refractivity contribution in [1.82, 2.24) is 14.8 Å². The van der Waals surface area contributed by atoms with Crippen molar-refractivity contribution < 1.29 is 19.4 Å². The van der Waals surface area contributed by atoms with Crippen molar-refractivity contribution >= 4 is 28.6 Å². The van der Waals surface area contributed by atoms with Crippen molar-refractivity contribution in [3.63, 3.8) is 0 Å². The van der Waals surface area contributed by atoms with Gasteiger partial charge in [0.15, 0.2) is 0 Å². The zero-order valence-electron chi connectivity index (χ0n) is 21.9. The molecule has 1 aromatic heterocycles. The molecule has 2 aliphatic heterocycles. The van der Waals surface area contributed by atoms with Gasteiger partial charge in [0.25, 0.3) is 0 Å². The molecule has 4 aromatic rings. The predicted molar refractivity (Wildman–Crippen MR) is 152 cm³/mol. The number of phenolic OH excluding ortho intramolecular Hbond substituents is 1. The highest BCUT2D eigenvalue weighted by Gasteiger charge is 2.36. The second kappa shape index (κ2) is 10.8. The van der Waals surface area contributed by atoms with E-state index in [4.69, 9.17) is 21.1 Å². The van der Waals surface area contributed by atoms with E-state index in [1.807, 2.05) is 42.5 Å². The summed E-state index contributed by atoms with van der Waals surface area (Å²) >= 11 is 6.33. The highest BCUT2D eigenvalue weighted by Crippen LogP contribution is 2.40. The molecule has 1 saturated heterocycles. The summed E-state index contributed by atoms with van der Waals surface area (Å²) in [6.07, 6.45) is 3.72. The van der Waals surface area contributed by atoms with Gasteiger partial charge in [0.1, 0.15) is 23.3 Å². The van der Waals surface area contributed by atoms with Gasteiger partial charge in [-0.3, -0.25) is 4.90 Å². The van der Waals surface area contributed by atoms with Crippen LogP contribution >= 0.6 is 11.6 Å². The number of hydrogen-bond acceptors (Lipinski definition) is 5. The monoisotopic (exact) mass is 545 g/mol. The molecule has 7 nitrogen and oxygen atoms in total. The number of likely N-dealkylation sites (tertiary alicyclic amines) is 1. The summed E-state index contributed by atoms with van der Waals surface area (Å²) in [6.45, 7) is 2.32. The molecule has 0 saturated carbocycles. The molecule has 2 atom stereocenters. The van der Waals surface area contributed by atoms with Gasteiger partial charge in [0.05, 0.1) is 6.61 Å². The molecule has 0 aliphatic carbocycles. The van der Waals surface area contributed by atoms with Crippen molar-refractivity contribution in [3.05, 3.63) is 88.6 Å². The van der Waals surface area contributed by atoms with Crippen molar-refractivity contribution in [2.75, 3.05) is 26.7 Å². The number of amides is 1. The second-order valence-electron chi connectivity index (χ2n) is 10.4. The number of nitrogens with zero attached hydrogens (tertiary/aromatic N) is 2. The number of halogens is 1. The molecule has 0 spiro atoms. The molecular formula is C31H32ClN3O4. The summed E-state index contributed by atoms with van der Waals surface area (Å²) in [5.74, 6) is 1.31. The first kappa shape index (κ1) is 25.6. The summed E-state index contributed by atoms with van der Waals surface area (Å²) < 4.78 is 11.8. The van der Waals surface area contributed by atoms with Gasteiger partial charge >= 0.3 is 6.09 Å². The average Bonchev–Trinajstić information content (AvgIpc) is 3.52.